The van der Waals surface area contributed by atoms with Crippen molar-refractivity contribution >= 4 is 33.8 Å². The second-order valence-electron chi connectivity index (χ2n) is 5.11. The first kappa shape index (κ1) is 15.8. The number of amides is 1. The molecule has 6 nitrogen and oxygen atoms in total. The van der Waals surface area contributed by atoms with Gasteiger partial charge in [0.2, 0.25) is 0 Å². The van der Waals surface area contributed by atoms with Crippen LogP contribution in [0.3, 0.4) is 0 Å². The number of nitriles is 1. The van der Waals surface area contributed by atoms with Crippen LogP contribution >= 0.6 is 11.3 Å². The molecule has 0 unspecified atom stereocenters. The SMILES string of the molecule is Cc1csc(/C(C#N)=C/NNC(=O)c2oc3ccccc3c2C)n1. The highest BCUT2D eigenvalue weighted by Crippen LogP contribution is 2.24. The van der Waals surface area contributed by atoms with Gasteiger partial charge >= 0.3 is 5.91 Å². The Hall–Kier alpha value is -3.11. The van der Waals surface area contributed by atoms with Gasteiger partial charge in [-0.1, -0.05) is 18.2 Å². The van der Waals surface area contributed by atoms with Crippen molar-refractivity contribution in [3.8, 4) is 6.07 Å². The first-order valence-electron chi connectivity index (χ1n) is 7.17. The molecular formula is C17H14N4O2S. The lowest BCUT2D eigenvalue weighted by Crippen LogP contribution is -2.33. The Morgan fingerprint density at radius 1 is 1.38 bits per heavy atom. The first-order chi connectivity index (χ1) is 11.6. The third-order valence-electron chi connectivity index (χ3n) is 3.42. The van der Waals surface area contributed by atoms with Crippen LogP contribution in [0.5, 0.6) is 0 Å². The number of nitrogens with one attached hydrogen (secondary N) is 2. The Kier molecular flexibility index (Phi) is 4.31. The van der Waals surface area contributed by atoms with Crippen LogP contribution in [0.15, 0.2) is 40.3 Å². The Labute approximate surface area is 142 Å². The first-order valence-corrected chi connectivity index (χ1v) is 8.05. The summed E-state index contributed by atoms with van der Waals surface area (Å²) in [7, 11) is 0. The number of aromatic nitrogens is 1. The average molecular weight is 338 g/mol. The summed E-state index contributed by atoms with van der Waals surface area (Å²) in [5.41, 5.74) is 7.76. The lowest BCUT2D eigenvalue weighted by atomic mass is 10.1. The van der Waals surface area contributed by atoms with E-state index < -0.39 is 5.91 Å². The van der Waals surface area contributed by atoms with Crippen LogP contribution in [0.1, 0.15) is 26.8 Å². The number of rotatable bonds is 4. The Balaban J connectivity index is 1.74. The molecule has 0 saturated carbocycles. The molecule has 0 bridgehead atoms. The van der Waals surface area contributed by atoms with Crippen LogP contribution in [0.25, 0.3) is 16.5 Å². The van der Waals surface area contributed by atoms with Gasteiger partial charge in [0.05, 0.1) is 0 Å². The van der Waals surface area contributed by atoms with Gasteiger partial charge in [-0.2, -0.15) is 5.26 Å². The molecule has 0 fully saturated rings. The standard InChI is InChI=1S/C17H14N4O2S/c1-10-9-24-17(20-10)12(7-18)8-19-21-16(22)15-11(2)13-5-3-4-6-14(13)23-15/h3-6,8-9,19H,1-2H3,(H,21,22)/b12-8+. The number of carbonyl (C=O) groups excluding carboxylic acids is 1. The molecule has 3 aromatic rings. The van der Waals surface area contributed by atoms with Gasteiger partial charge < -0.3 is 9.84 Å². The van der Waals surface area contributed by atoms with E-state index in [1.165, 1.54) is 17.5 Å². The summed E-state index contributed by atoms with van der Waals surface area (Å²) < 4.78 is 5.58. The molecule has 0 radical (unpaired) electrons. The van der Waals surface area contributed by atoms with Crippen molar-refractivity contribution in [1.29, 1.82) is 5.26 Å². The molecule has 2 aromatic heterocycles. The molecule has 0 saturated heterocycles. The molecule has 2 N–H and O–H groups in total. The van der Waals surface area contributed by atoms with Gasteiger partial charge in [-0.25, -0.2) is 4.98 Å². The van der Waals surface area contributed by atoms with Gasteiger partial charge in [0, 0.05) is 28.2 Å². The molecule has 120 valence electrons. The van der Waals surface area contributed by atoms with Crippen LogP contribution in [0.2, 0.25) is 0 Å². The molecule has 1 amide bonds. The minimum atomic E-state index is -0.410. The summed E-state index contributed by atoms with van der Waals surface area (Å²) in [6.07, 6.45) is 1.41. The zero-order chi connectivity index (χ0) is 17.1. The molecule has 2 heterocycles. The largest absolute Gasteiger partial charge is 0.451 e. The van der Waals surface area contributed by atoms with E-state index >= 15 is 0 Å². The quantitative estimate of drug-likeness (QED) is 0.562. The number of benzene rings is 1. The number of carbonyl (C=O) groups is 1. The zero-order valence-corrected chi connectivity index (χ0v) is 13.9. The molecule has 0 aliphatic carbocycles. The lowest BCUT2D eigenvalue weighted by molar-refractivity contribution is 0.0914. The minimum Gasteiger partial charge on any atom is -0.451 e. The second kappa shape index (κ2) is 6.56. The number of hydrogen-bond donors (Lipinski definition) is 2. The highest BCUT2D eigenvalue weighted by Gasteiger charge is 2.16. The van der Waals surface area contributed by atoms with Crippen LogP contribution in [-0.4, -0.2) is 10.9 Å². The number of furan rings is 1. The highest BCUT2D eigenvalue weighted by atomic mass is 32.1. The summed E-state index contributed by atoms with van der Waals surface area (Å²) in [5.74, 6) is -0.173. The van der Waals surface area contributed by atoms with E-state index in [0.717, 1.165) is 16.6 Å². The predicted octanol–water partition coefficient (Wildman–Crippen LogP) is 3.31. The van der Waals surface area contributed by atoms with E-state index in [1.807, 2.05) is 49.6 Å². The number of allylic oxidation sites excluding steroid dienone is 1. The van der Waals surface area contributed by atoms with Crippen molar-refractivity contribution in [2.75, 3.05) is 0 Å². The predicted molar refractivity (Wildman–Crippen MR) is 92.0 cm³/mol. The van der Waals surface area contributed by atoms with Crippen molar-refractivity contribution in [2.24, 2.45) is 0 Å². The summed E-state index contributed by atoms with van der Waals surface area (Å²) in [6.45, 7) is 3.68. The fourth-order valence-electron chi connectivity index (χ4n) is 2.24. The minimum absolute atomic E-state index is 0.237. The van der Waals surface area contributed by atoms with Gasteiger partial charge in [0.15, 0.2) is 5.76 Å². The molecular weight excluding hydrogens is 324 g/mol. The van der Waals surface area contributed by atoms with Crippen LogP contribution in [0, 0.1) is 25.2 Å². The van der Waals surface area contributed by atoms with E-state index in [2.05, 4.69) is 15.8 Å². The van der Waals surface area contributed by atoms with Gasteiger partial charge in [0.1, 0.15) is 22.2 Å². The van der Waals surface area contributed by atoms with Crippen molar-refractivity contribution in [3.05, 3.63) is 57.9 Å². The summed E-state index contributed by atoms with van der Waals surface area (Å²) in [5, 5.41) is 12.5. The number of fused-ring (bicyclic) bond motifs is 1. The molecule has 0 aliphatic heterocycles. The molecule has 3 rings (SSSR count). The maximum Gasteiger partial charge on any atom is 0.305 e. The monoisotopic (exact) mass is 338 g/mol. The third-order valence-corrected chi connectivity index (χ3v) is 4.42. The maximum absolute atomic E-state index is 12.3. The highest BCUT2D eigenvalue weighted by molar-refractivity contribution is 7.10. The number of thiazole rings is 1. The van der Waals surface area contributed by atoms with E-state index in [0.29, 0.717) is 16.2 Å². The number of hydrazine groups is 1. The smallest absolute Gasteiger partial charge is 0.305 e. The summed E-state index contributed by atoms with van der Waals surface area (Å²) in [6, 6.07) is 9.50. The van der Waals surface area contributed by atoms with E-state index in [-0.39, 0.29) is 5.76 Å². The number of hydrogen-bond acceptors (Lipinski definition) is 6. The van der Waals surface area contributed by atoms with Crippen LogP contribution in [0.4, 0.5) is 0 Å². The summed E-state index contributed by atoms with van der Waals surface area (Å²) >= 11 is 1.37. The van der Waals surface area contributed by atoms with Gasteiger partial charge in [-0.3, -0.25) is 10.2 Å². The molecule has 0 spiro atoms. The molecule has 0 atom stereocenters. The van der Waals surface area contributed by atoms with E-state index in [4.69, 9.17) is 4.42 Å². The number of nitrogens with zero attached hydrogens (tertiary/aromatic N) is 2. The molecule has 7 heteroatoms. The Bertz CT molecular complexity index is 978. The summed E-state index contributed by atoms with van der Waals surface area (Å²) in [4.78, 5) is 16.5. The Morgan fingerprint density at radius 2 is 2.17 bits per heavy atom. The molecule has 0 aliphatic rings. The molecule has 24 heavy (non-hydrogen) atoms. The van der Waals surface area contributed by atoms with E-state index in [9.17, 15) is 10.1 Å². The Morgan fingerprint density at radius 3 is 2.83 bits per heavy atom. The number of aryl methyl sites for hydroxylation is 2. The zero-order valence-electron chi connectivity index (χ0n) is 13.1. The molecule has 1 aromatic carbocycles. The van der Waals surface area contributed by atoms with Crippen molar-refractivity contribution in [3.63, 3.8) is 0 Å². The average Bonchev–Trinajstić information content (AvgIpc) is 3.16. The van der Waals surface area contributed by atoms with Crippen molar-refractivity contribution in [1.82, 2.24) is 15.8 Å². The van der Waals surface area contributed by atoms with Gasteiger partial charge in [-0.15, -0.1) is 11.3 Å². The van der Waals surface area contributed by atoms with Crippen molar-refractivity contribution in [2.45, 2.75) is 13.8 Å². The number of para-hydroxylation sites is 1. The van der Waals surface area contributed by atoms with Crippen LogP contribution in [-0.2, 0) is 0 Å². The lowest BCUT2D eigenvalue weighted by Gasteiger charge is -2.03. The van der Waals surface area contributed by atoms with Gasteiger partial charge in [0.25, 0.3) is 0 Å². The maximum atomic E-state index is 12.3. The van der Waals surface area contributed by atoms with E-state index in [1.54, 1.807) is 0 Å². The van der Waals surface area contributed by atoms with Crippen LogP contribution < -0.4 is 10.9 Å². The fourth-order valence-corrected chi connectivity index (χ4v) is 3.00. The topological polar surface area (TPSA) is 91.0 Å². The third kappa shape index (κ3) is 3.00. The van der Waals surface area contributed by atoms with Gasteiger partial charge in [-0.05, 0) is 19.9 Å². The second-order valence-corrected chi connectivity index (χ2v) is 5.97. The fraction of sp³-hybridized carbons (Fsp3) is 0.118. The normalized spacial score (nSPS) is 11.3. The van der Waals surface area contributed by atoms with Crippen molar-refractivity contribution < 1.29 is 9.21 Å².